The SMILES string of the molecule is COc1cc2nc(Cc3cnc4c(-c5cn[nH]c5)cccc4c3)[nH]c(=O)c2cc1OC. The van der Waals surface area contributed by atoms with Gasteiger partial charge in [0.25, 0.3) is 5.56 Å². The number of hydrogen-bond donors (Lipinski definition) is 2. The van der Waals surface area contributed by atoms with E-state index in [9.17, 15) is 4.79 Å². The van der Waals surface area contributed by atoms with Crippen molar-refractivity contribution in [2.75, 3.05) is 14.2 Å². The minimum atomic E-state index is -0.225. The molecule has 8 nitrogen and oxygen atoms in total. The molecule has 3 aromatic heterocycles. The Morgan fingerprint density at radius 2 is 1.87 bits per heavy atom. The monoisotopic (exact) mass is 413 g/mol. The lowest BCUT2D eigenvalue weighted by molar-refractivity contribution is 0.355. The average molecular weight is 413 g/mol. The Kier molecular flexibility index (Phi) is 4.59. The Morgan fingerprint density at radius 1 is 1.03 bits per heavy atom. The molecule has 2 aromatic carbocycles. The van der Waals surface area contributed by atoms with Crippen LogP contribution in [0.1, 0.15) is 11.4 Å². The van der Waals surface area contributed by atoms with Gasteiger partial charge in [-0.15, -0.1) is 0 Å². The zero-order valence-corrected chi connectivity index (χ0v) is 17.0. The molecule has 0 aliphatic rings. The maximum atomic E-state index is 12.6. The largest absolute Gasteiger partial charge is 0.493 e. The van der Waals surface area contributed by atoms with E-state index in [1.54, 1.807) is 25.4 Å². The van der Waals surface area contributed by atoms with E-state index in [0.29, 0.717) is 34.6 Å². The van der Waals surface area contributed by atoms with Crippen LogP contribution in [0.4, 0.5) is 0 Å². The summed E-state index contributed by atoms with van der Waals surface area (Å²) in [6, 6.07) is 11.4. The van der Waals surface area contributed by atoms with Crippen molar-refractivity contribution in [2.45, 2.75) is 6.42 Å². The summed E-state index contributed by atoms with van der Waals surface area (Å²) in [5, 5.41) is 8.31. The molecule has 2 N–H and O–H groups in total. The average Bonchev–Trinajstić information content (AvgIpc) is 3.32. The highest BCUT2D eigenvalue weighted by molar-refractivity contribution is 5.93. The van der Waals surface area contributed by atoms with Gasteiger partial charge in [0.05, 0.1) is 36.8 Å². The fraction of sp³-hybridized carbons (Fsp3) is 0.130. The summed E-state index contributed by atoms with van der Waals surface area (Å²) in [7, 11) is 3.08. The minimum Gasteiger partial charge on any atom is -0.493 e. The van der Waals surface area contributed by atoms with Gasteiger partial charge in [0.2, 0.25) is 0 Å². The summed E-state index contributed by atoms with van der Waals surface area (Å²) < 4.78 is 10.6. The van der Waals surface area contributed by atoms with Crippen LogP contribution in [0.5, 0.6) is 11.5 Å². The Hall–Kier alpha value is -4.20. The van der Waals surface area contributed by atoms with E-state index in [1.807, 2.05) is 30.6 Å². The van der Waals surface area contributed by atoms with Gasteiger partial charge in [-0.1, -0.05) is 18.2 Å². The third kappa shape index (κ3) is 3.38. The normalized spacial score (nSPS) is 11.2. The molecule has 0 saturated heterocycles. The first-order valence-corrected chi connectivity index (χ1v) is 9.68. The number of methoxy groups -OCH3 is 2. The van der Waals surface area contributed by atoms with E-state index in [0.717, 1.165) is 27.6 Å². The molecule has 0 amide bonds. The summed E-state index contributed by atoms with van der Waals surface area (Å²) >= 11 is 0. The lowest BCUT2D eigenvalue weighted by atomic mass is 10.0. The van der Waals surface area contributed by atoms with E-state index in [4.69, 9.17) is 9.47 Å². The predicted molar refractivity (Wildman–Crippen MR) is 118 cm³/mol. The highest BCUT2D eigenvalue weighted by atomic mass is 16.5. The van der Waals surface area contributed by atoms with Gasteiger partial charge in [0.1, 0.15) is 5.82 Å². The fourth-order valence-corrected chi connectivity index (χ4v) is 3.73. The number of rotatable bonds is 5. The third-order valence-corrected chi connectivity index (χ3v) is 5.21. The maximum absolute atomic E-state index is 12.6. The van der Waals surface area contributed by atoms with Crippen molar-refractivity contribution >= 4 is 21.8 Å². The van der Waals surface area contributed by atoms with Crippen molar-refractivity contribution in [3.63, 3.8) is 0 Å². The molecule has 0 bridgehead atoms. The molecule has 5 rings (SSSR count). The first-order valence-electron chi connectivity index (χ1n) is 9.68. The number of H-pyrrole nitrogens is 2. The van der Waals surface area contributed by atoms with Crippen LogP contribution in [0, 0.1) is 0 Å². The van der Waals surface area contributed by atoms with E-state index in [1.165, 1.54) is 7.11 Å². The Morgan fingerprint density at radius 3 is 2.65 bits per heavy atom. The van der Waals surface area contributed by atoms with Gasteiger partial charge in [-0.25, -0.2) is 4.98 Å². The molecule has 3 heterocycles. The number of aromatic amines is 2. The zero-order valence-electron chi connectivity index (χ0n) is 17.0. The molecule has 0 radical (unpaired) electrons. The second kappa shape index (κ2) is 7.56. The third-order valence-electron chi connectivity index (χ3n) is 5.21. The van der Waals surface area contributed by atoms with Crippen molar-refractivity contribution < 1.29 is 9.47 Å². The van der Waals surface area contributed by atoms with Gasteiger partial charge >= 0.3 is 0 Å². The minimum absolute atomic E-state index is 0.225. The Balaban J connectivity index is 1.54. The standard InChI is InChI=1S/C23H19N5O3/c1-30-19-8-17-18(9-20(19)31-2)27-21(28-23(17)29)7-13-6-14-4-3-5-16(22(14)24-10-13)15-11-25-26-12-15/h3-6,8-12H,7H2,1-2H3,(H,25,26)(H,27,28,29). The summed E-state index contributed by atoms with van der Waals surface area (Å²) in [5.74, 6) is 1.57. The molecule has 0 aliphatic heterocycles. The quantitative estimate of drug-likeness (QED) is 0.457. The van der Waals surface area contributed by atoms with Crippen molar-refractivity contribution in [2.24, 2.45) is 0 Å². The Labute approximate surface area is 176 Å². The van der Waals surface area contributed by atoms with Crippen LogP contribution in [0.25, 0.3) is 32.9 Å². The number of nitrogens with one attached hydrogen (secondary N) is 2. The second-order valence-electron chi connectivity index (χ2n) is 7.12. The van der Waals surface area contributed by atoms with Crippen LogP contribution in [0.2, 0.25) is 0 Å². The summed E-state index contributed by atoms with van der Waals surface area (Å²) in [4.78, 5) is 24.8. The van der Waals surface area contributed by atoms with E-state index in [2.05, 4.69) is 31.2 Å². The summed E-state index contributed by atoms with van der Waals surface area (Å²) in [6.07, 6.45) is 5.87. The molecule has 0 atom stereocenters. The molecule has 0 aliphatic carbocycles. The van der Waals surface area contributed by atoms with Gasteiger partial charge < -0.3 is 14.5 Å². The van der Waals surface area contributed by atoms with Crippen molar-refractivity contribution in [3.8, 4) is 22.6 Å². The molecule has 0 unspecified atom stereocenters. The highest BCUT2D eigenvalue weighted by Gasteiger charge is 2.12. The van der Waals surface area contributed by atoms with Gasteiger partial charge in [0.15, 0.2) is 11.5 Å². The van der Waals surface area contributed by atoms with Crippen LogP contribution < -0.4 is 15.0 Å². The highest BCUT2D eigenvalue weighted by Crippen LogP contribution is 2.30. The van der Waals surface area contributed by atoms with Gasteiger partial charge in [-0.05, 0) is 17.7 Å². The molecule has 8 heteroatoms. The van der Waals surface area contributed by atoms with Crippen LogP contribution in [-0.2, 0) is 6.42 Å². The van der Waals surface area contributed by atoms with Crippen molar-refractivity contribution in [1.29, 1.82) is 0 Å². The number of ether oxygens (including phenoxy) is 2. The first kappa shape index (κ1) is 18.8. The lowest BCUT2D eigenvalue weighted by Crippen LogP contribution is -2.12. The molecular weight excluding hydrogens is 394 g/mol. The van der Waals surface area contributed by atoms with E-state index in [-0.39, 0.29) is 5.56 Å². The topological polar surface area (TPSA) is 106 Å². The number of hydrogen-bond acceptors (Lipinski definition) is 6. The predicted octanol–water partition coefficient (Wildman–Crippen LogP) is 3.47. The number of pyridine rings is 1. The fourth-order valence-electron chi connectivity index (χ4n) is 3.73. The van der Waals surface area contributed by atoms with Crippen LogP contribution in [0.3, 0.4) is 0 Å². The molecule has 154 valence electrons. The Bertz CT molecular complexity index is 1460. The summed E-state index contributed by atoms with van der Waals surface area (Å²) in [6.45, 7) is 0. The van der Waals surface area contributed by atoms with Gasteiger partial charge in [0, 0.05) is 41.4 Å². The summed E-state index contributed by atoms with van der Waals surface area (Å²) in [5.41, 5.74) is 4.15. The van der Waals surface area contributed by atoms with Gasteiger partial charge in [-0.3, -0.25) is 14.9 Å². The van der Waals surface area contributed by atoms with Crippen molar-refractivity contribution in [1.82, 2.24) is 25.1 Å². The smallest absolute Gasteiger partial charge is 0.258 e. The van der Waals surface area contributed by atoms with E-state index < -0.39 is 0 Å². The molecular formula is C23H19N5O3. The van der Waals surface area contributed by atoms with Crippen LogP contribution >= 0.6 is 0 Å². The number of aromatic nitrogens is 5. The number of nitrogens with zero attached hydrogens (tertiary/aromatic N) is 3. The molecule has 0 fully saturated rings. The molecule has 5 aromatic rings. The first-order chi connectivity index (χ1) is 15.2. The van der Waals surface area contributed by atoms with Crippen LogP contribution in [-0.4, -0.2) is 39.4 Å². The second-order valence-corrected chi connectivity index (χ2v) is 7.12. The molecule has 31 heavy (non-hydrogen) atoms. The lowest BCUT2D eigenvalue weighted by Gasteiger charge is -2.10. The number of benzene rings is 2. The number of fused-ring (bicyclic) bond motifs is 2. The van der Waals surface area contributed by atoms with Crippen LogP contribution in [0.15, 0.2) is 59.8 Å². The van der Waals surface area contributed by atoms with Crippen molar-refractivity contribution in [3.05, 3.63) is 76.7 Å². The maximum Gasteiger partial charge on any atom is 0.258 e. The molecule has 0 saturated carbocycles. The molecule has 0 spiro atoms. The van der Waals surface area contributed by atoms with E-state index >= 15 is 0 Å². The zero-order chi connectivity index (χ0) is 21.4. The number of para-hydroxylation sites is 1. The van der Waals surface area contributed by atoms with Gasteiger partial charge in [-0.2, -0.15) is 5.10 Å².